The number of aromatic nitrogens is 1. The highest BCUT2D eigenvalue weighted by Crippen LogP contribution is 2.34. The Morgan fingerprint density at radius 2 is 2.16 bits per heavy atom. The summed E-state index contributed by atoms with van der Waals surface area (Å²) in [6.07, 6.45) is 2.35. The van der Waals surface area contributed by atoms with E-state index in [1.165, 1.54) is 24.4 Å². The molecule has 19 heavy (non-hydrogen) atoms. The van der Waals surface area contributed by atoms with Crippen LogP contribution in [0.15, 0.2) is 36.5 Å². The molecule has 2 aromatic rings. The van der Waals surface area contributed by atoms with Crippen LogP contribution in [-0.2, 0) is 6.42 Å². The van der Waals surface area contributed by atoms with Crippen molar-refractivity contribution in [3.63, 3.8) is 0 Å². The predicted octanol–water partition coefficient (Wildman–Crippen LogP) is 2.61. The van der Waals surface area contributed by atoms with E-state index in [1.54, 1.807) is 12.1 Å². The molecule has 5 heteroatoms. The van der Waals surface area contributed by atoms with Crippen LogP contribution in [0.3, 0.4) is 0 Å². The molecule has 96 valence electrons. The van der Waals surface area contributed by atoms with Crippen molar-refractivity contribution in [2.75, 3.05) is 11.4 Å². The summed E-state index contributed by atoms with van der Waals surface area (Å²) >= 11 is 0. The number of carboxylic acid groups (broad SMARTS) is 1. The Morgan fingerprint density at radius 3 is 2.84 bits per heavy atom. The Hall–Kier alpha value is -2.43. The SMILES string of the molecule is O=C(O)c1ccc(N2CCc3ccc(F)cc32)cn1. The van der Waals surface area contributed by atoms with Crippen molar-refractivity contribution in [2.24, 2.45) is 0 Å². The Bertz CT molecular complexity index is 640. The van der Waals surface area contributed by atoms with E-state index < -0.39 is 5.97 Å². The Kier molecular flexibility index (Phi) is 2.67. The van der Waals surface area contributed by atoms with Crippen molar-refractivity contribution in [1.82, 2.24) is 4.98 Å². The molecule has 1 N–H and O–H groups in total. The molecule has 0 radical (unpaired) electrons. The van der Waals surface area contributed by atoms with Gasteiger partial charge in [-0.3, -0.25) is 0 Å². The number of aromatic carboxylic acids is 1. The van der Waals surface area contributed by atoms with Crippen LogP contribution in [0.1, 0.15) is 16.1 Å². The number of hydrogen-bond acceptors (Lipinski definition) is 3. The summed E-state index contributed by atoms with van der Waals surface area (Å²) in [7, 11) is 0. The fourth-order valence-corrected chi connectivity index (χ4v) is 2.29. The third kappa shape index (κ3) is 2.03. The summed E-state index contributed by atoms with van der Waals surface area (Å²) in [6.45, 7) is 0.743. The van der Waals surface area contributed by atoms with Crippen LogP contribution >= 0.6 is 0 Å². The monoisotopic (exact) mass is 258 g/mol. The molecule has 0 aliphatic carbocycles. The standard InChI is InChI=1S/C14H11FN2O2/c15-10-2-1-9-5-6-17(13(9)7-10)11-3-4-12(14(18)19)16-8-11/h1-4,7-8H,5-6H2,(H,18,19). The highest BCUT2D eigenvalue weighted by Gasteiger charge is 2.21. The van der Waals surface area contributed by atoms with Gasteiger partial charge in [-0.1, -0.05) is 6.07 Å². The number of fused-ring (bicyclic) bond motifs is 1. The lowest BCUT2D eigenvalue weighted by Crippen LogP contribution is -2.14. The normalized spacial score (nSPS) is 13.4. The Morgan fingerprint density at radius 1 is 1.32 bits per heavy atom. The van der Waals surface area contributed by atoms with Gasteiger partial charge in [0.1, 0.15) is 11.5 Å². The van der Waals surface area contributed by atoms with E-state index >= 15 is 0 Å². The first-order valence-electron chi connectivity index (χ1n) is 5.90. The van der Waals surface area contributed by atoms with Gasteiger partial charge in [-0.15, -0.1) is 0 Å². The smallest absolute Gasteiger partial charge is 0.354 e. The summed E-state index contributed by atoms with van der Waals surface area (Å²) < 4.78 is 13.3. The van der Waals surface area contributed by atoms with Gasteiger partial charge in [-0.05, 0) is 36.2 Å². The van der Waals surface area contributed by atoms with E-state index in [0.717, 1.165) is 29.9 Å². The van der Waals surface area contributed by atoms with Gasteiger partial charge in [-0.2, -0.15) is 0 Å². The molecular weight excluding hydrogens is 247 g/mol. The quantitative estimate of drug-likeness (QED) is 0.899. The van der Waals surface area contributed by atoms with E-state index in [0.29, 0.717) is 0 Å². The second-order valence-corrected chi connectivity index (χ2v) is 4.38. The first kappa shape index (κ1) is 11.6. The summed E-state index contributed by atoms with van der Waals surface area (Å²) in [5, 5.41) is 8.81. The van der Waals surface area contributed by atoms with Gasteiger partial charge in [0.15, 0.2) is 0 Å². The van der Waals surface area contributed by atoms with Crippen LogP contribution in [0.25, 0.3) is 0 Å². The second-order valence-electron chi connectivity index (χ2n) is 4.38. The number of benzene rings is 1. The molecule has 4 nitrogen and oxygen atoms in total. The zero-order chi connectivity index (χ0) is 13.4. The number of pyridine rings is 1. The molecule has 0 saturated heterocycles. The molecule has 2 heterocycles. The lowest BCUT2D eigenvalue weighted by molar-refractivity contribution is 0.0690. The van der Waals surface area contributed by atoms with Gasteiger partial charge >= 0.3 is 5.97 Å². The zero-order valence-electron chi connectivity index (χ0n) is 10.0. The maximum absolute atomic E-state index is 13.3. The molecule has 3 rings (SSSR count). The molecule has 1 aromatic carbocycles. The van der Waals surface area contributed by atoms with Gasteiger partial charge in [0.2, 0.25) is 0 Å². The second kappa shape index (κ2) is 4.35. The Labute approximate surface area is 109 Å². The topological polar surface area (TPSA) is 53.4 Å². The molecule has 0 unspecified atom stereocenters. The number of halogens is 1. The van der Waals surface area contributed by atoms with Crippen LogP contribution in [0.4, 0.5) is 15.8 Å². The lowest BCUT2D eigenvalue weighted by atomic mass is 10.1. The van der Waals surface area contributed by atoms with Gasteiger partial charge in [0.25, 0.3) is 0 Å². The minimum atomic E-state index is -1.06. The van der Waals surface area contributed by atoms with Gasteiger partial charge in [0, 0.05) is 12.2 Å². The van der Waals surface area contributed by atoms with E-state index in [-0.39, 0.29) is 11.5 Å². The largest absolute Gasteiger partial charge is 0.477 e. The van der Waals surface area contributed by atoms with Crippen molar-refractivity contribution in [3.05, 3.63) is 53.6 Å². The van der Waals surface area contributed by atoms with Gasteiger partial charge < -0.3 is 10.0 Å². The number of rotatable bonds is 2. The molecule has 0 atom stereocenters. The van der Waals surface area contributed by atoms with Crippen molar-refractivity contribution in [3.8, 4) is 0 Å². The lowest BCUT2D eigenvalue weighted by Gasteiger charge is -2.19. The molecule has 1 aliphatic heterocycles. The first-order chi connectivity index (χ1) is 9.15. The van der Waals surface area contributed by atoms with E-state index in [2.05, 4.69) is 4.98 Å². The van der Waals surface area contributed by atoms with E-state index in [1.807, 2.05) is 4.90 Å². The summed E-state index contributed by atoms with van der Waals surface area (Å²) in [4.78, 5) is 16.6. The molecule has 0 saturated carbocycles. The summed E-state index contributed by atoms with van der Waals surface area (Å²) in [6, 6.07) is 7.87. The van der Waals surface area contributed by atoms with Crippen molar-refractivity contribution in [2.45, 2.75) is 6.42 Å². The Balaban J connectivity index is 1.97. The zero-order valence-corrected chi connectivity index (χ0v) is 10.0. The van der Waals surface area contributed by atoms with Crippen LogP contribution in [-0.4, -0.2) is 22.6 Å². The predicted molar refractivity (Wildman–Crippen MR) is 68.3 cm³/mol. The number of carboxylic acids is 1. The van der Waals surface area contributed by atoms with Crippen LogP contribution in [0.2, 0.25) is 0 Å². The van der Waals surface area contributed by atoms with Crippen molar-refractivity contribution in [1.29, 1.82) is 0 Å². The van der Waals surface area contributed by atoms with E-state index in [4.69, 9.17) is 5.11 Å². The molecule has 0 fully saturated rings. The highest BCUT2D eigenvalue weighted by molar-refractivity contribution is 5.85. The number of carbonyl (C=O) groups is 1. The number of nitrogens with zero attached hydrogens (tertiary/aromatic N) is 2. The average molecular weight is 258 g/mol. The fraction of sp³-hybridized carbons (Fsp3) is 0.143. The van der Waals surface area contributed by atoms with Crippen molar-refractivity contribution >= 4 is 17.3 Å². The van der Waals surface area contributed by atoms with Gasteiger partial charge in [-0.25, -0.2) is 14.2 Å². The van der Waals surface area contributed by atoms with Crippen molar-refractivity contribution < 1.29 is 14.3 Å². The number of anilines is 2. The summed E-state index contributed by atoms with van der Waals surface area (Å²) in [5.41, 5.74) is 2.69. The van der Waals surface area contributed by atoms with Crippen LogP contribution in [0.5, 0.6) is 0 Å². The van der Waals surface area contributed by atoms with Gasteiger partial charge in [0.05, 0.1) is 11.9 Å². The third-order valence-corrected chi connectivity index (χ3v) is 3.22. The first-order valence-corrected chi connectivity index (χ1v) is 5.90. The molecule has 0 amide bonds. The van der Waals surface area contributed by atoms with Crippen LogP contribution in [0, 0.1) is 5.82 Å². The number of hydrogen-bond donors (Lipinski definition) is 1. The molecular formula is C14H11FN2O2. The minimum Gasteiger partial charge on any atom is -0.477 e. The highest BCUT2D eigenvalue weighted by atomic mass is 19.1. The molecule has 1 aliphatic rings. The summed E-state index contributed by atoms with van der Waals surface area (Å²) in [5.74, 6) is -1.33. The maximum Gasteiger partial charge on any atom is 0.354 e. The van der Waals surface area contributed by atoms with Crippen LogP contribution < -0.4 is 4.90 Å². The molecule has 0 bridgehead atoms. The average Bonchev–Trinajstić information content (AvgIpc) is 2.81. The third-order valence-electron chi connectivity index (χ3n) is 3.22. The molecule has 1 aromatic heterocycles. The molecule has 0 spiro atoms. The fourth-order valence-electron chi connectivity index (χ4n) is 2.29. The maximum atomic E-state index is 13.3. The minimum absolute atomic E-state index is 0.00223. The van der Waals surface area contributed by atoms with E-state index in [9.17, 15) is 9.18 Å².